The Morgan fingerprint density at radius 2 is 2.11 bits per heavy atom. The first-order chi connectivity index (χ1) is 8.59. The van der Waals surface area contributed by atoms with Crippen LogP contribution in [0.25, 0.3) is 0 Å². The first kappa shape index (κ1) is 16.8. The Balaban J connectivity index is 0.00000180. The number of thioether (sulfide) groups is 1. The Hall–Kier alpha value is -0.230. The molecular formula is C13H18CaN2O2S. The number of hydrogen-bond acceptors (Lipinski definition) is 3. The average Bonchev–Trinajstić information content (AvgIpc) is 2.71. The number of rotatable bonds is 3. The van der Waals surface area contributed by atoms with Crippen LogP contribution in [0.2, 0.25) is 0 Å². The van der Waals surface area contributed by atoms with Gasteiger partial charge < -0.3 is 10.0 Å². The first-order valence-electron chi connectivity index (χ1n) is 5.82. The first-order valence-corrected chi connectivity index (χ1v) is 6.80. The van der Waals surface area contributed by atoms with E-state index in [1.807, 2.05) is 42.3 Å². The SMILES string of the molecule is CC(C(=O)O)C1CSC(=Nc2ccccc2)N1C.[CaH2]. The molecular weight excluding hydrogens is 288 g/mol. The van der Waals surface area contributed by atoms with E-state index in [2.05, 4.69) is 4.99 Å². The molecule has 0 saturated carbocycles. The predicted octanol–water partition coefficient (Wildman–Crippen LogP) is 1.53. The predicted molar refractivity (Wildman–Crippen MR) is 82.9 cm³/mol. The molecule has 2 unspecified atom stereocenters. The van der Waals surface area contributed by atoms with E-state index in [1.165, 1.54) is 0 Å². The zero-order chi connectivity index (χ0) is 13.1. The molecule has 0 radical (unpaired) electrons. The molecule has 1 aromatic rings. The molecule has 0 amide bonds. The van der Waals surface area contributed by atoms with Crippen molar-refractivity contribution in [2.75, 3.05) is 12.8 Å². The maximum atomic E-state index is 11.0. The quantitative estimate of drug-likeness (QED) is 0.861. The molecule has 19 heavy (non-hydrogen) atoms. The van der Waals surface area contributed by atoms with Crippen molar-refractivity contribution in [1.82, 2.24) is 4.90 Å². The van der Waals surface area contributed by atoms with Gasteiger partial charge in [0.2, 0.25) is 0 Å². The van der Waals surface area contributed by atoms with Gasteiger partial charge in [0, 0.05) is 12.8 Å². The van der Waals surface area contributed by atoms with Gasteiger partial charge in [-0.1, -0.05) is 30.0 Å². The molecule has 0 spiro atoms. The van der Waals surface area contributed by atoms with E-state index in [-0.39, 0.29) is 49.7 Å². The van der Waals surface area contributed by atoms with Gasteiger partial charge in [-0.25, -0.2) is 4.99 Å². The third-order valence-electron chi connectivity index (χ3n) is 3.13. The molecule has 6 heteroatoms. The van der Waals surface area contributed by atoms with Crippen molar-refractivity contribution >= 4 is 66.3 Å². The van der Waals surface area contributed by atoms with Crippen molar-refractivity contribution in [1.29, 1.82) is 0 Å². The number of benzene rings is 1. The Bertz CT molecular complexity index is 467. The fourth-order valence-electron chi connectivity index (χ4n) is 1.88. The molecule has 1 N–H and O–H groups in total. The normalized spacial score (nSPS) is 22.1. The summed E-state index contributed by atoms with van der Waals surface area (Å²) in [5, 5.41) is 9.95. The number of amidine groups is 1. The van der Waals surface area contributed by atoms with Crippen LogP contribution in [-0.2, 0) is 4.79 Å². The van der Waals surface area contributed by atoms with E-state index >= 15 is 0 Å². The number of nitrogens with zero attached hydrogens (tertiary/aromatic N) is 2. The summed E-state index contributed by atoms with van der Waals surface area (Å²) < 4.78 is 0. The number of carbonyl (C=O) groups is 1. The Labute approximate surface area is 147 Å². The molecule has 2 rings (SSSR count). The number of aliphatic imine (C=N–C) groups is 1. The average molecular weight is 306 g/mol. The van der Waals surface area contributed by atoms with Gasteiger partial charge >= 0.3 is 43.7 Å². The molecule has 0 aromatic heterocycles. The van der Waals surface area contributed by atoms with Crippen LogP contribution in [0.3, 0.4) is 0 Å². The van der Waals surface area contributed by atoms with Crippen molar-refractivity contribution in [3.63, 3.8) is 0 Å². The molecule has 2 atom stereocenters. The number of carboxylic acid groups (broad SMARTS) is 1. The number of carboxylic acids is 1. The fraction of sp³-hybridized carbons (Fsp3) is 0.385. The molecule has 1 aliphatic rings. The summed E-state index contributed by atoms with van der Waals surface area (Å²) in [6.07, 6.45) is 0. The summed E-state index contributed by atoms with van der Waals surface area (Å²) in [5.41, 5.74) is 0.899. The topological polar surface area (TPSA) is 52.9 Å². The van der Waals surface area contributed by atoms with Crippen LogP contribution in [0.4, 0.5) is 5.69 Å². The van der Waals surface area contributed by atoms with E-state index in [9.17, 15) is 4.79 Å². The van der Waals surface area contributed by atoms with E-state index in [0.717, 1.165) is 16.6 Å². The van der Waals surface area contributed by atoms with Crippen LogP contribution in [0, 0.1) is 5.92 Å². The number of para-hydroxylation sites is 1. The monoisotopic (exact) mass is 306 g/mol. The fourth-order valence-corrected chi connectivity index (χ4v) is 3.22. The van der Waals surface area contributed by atoms with E-state index in [4.69, 9.17) is 5.11 Å². The molecule has 1 saturated heterocycles. The molecule has 1 fully saturated rings. The molecule has 4 nitrogen and oxygen atoms in total. The second-order valence-electron chi connectivity index (χ2n) is 4.35. The van der Waals surface area contributed by atoms with Gasteiger partial charge in [-0.3, -0.25) is 4.79 Å². The molecule has 1 heterocycles. The Kier molecular flexibility index (Phi) is 6.66. The maximum absolute atomic E-state index is 11.0. The van der Waals surface area contributed by atoms with Gasteiger partial charge in [0.1, 0.15) is 0 Å². The van der Waals surface area contributed by atoms with E-state index < -0.39 is 5.97 Å². The Morgan fingerprint density at radius 3 is 2.68 bits per heavy atom. The molecule has 0 bridgehead atoms. The summed E-state index contributed by atoms with van der Waals surface area (Å²) in [5.74, 6) is -0.366. The summed E-state index contributed by atoms with van der Waals surface area (Å²) in [6.45, 7) is 1.75. The van der Waals surface area contributed by atoms with Crippen LogP contribution < -0.4 is 0 Å². The van der Waals surface area contributed by atoms with Crippen molar-refractivity contribution in [3.05, 3.63) is 30.3 Å². The standard InChI is InChI=1S/C13H16N2O2S.Ca.2H/c1-9(12(16)17)11-8-18-13(15(11)2)14-10-6-4-3-5-7-10;;;/h3-7,9,11H,8H2,1-2H3,(H,16,17);;;. The summed E-state index contributed by atoms with van der Waals surface area (Å²) in [7, 11) is 1.91. The third-order valence-corrected chi connectivity index (χ3v) is 4.28. The zero-order valence-corrected chi connectivity index (χ0v) is 11.2. The number of hydrogen-bond donors (Lipinski definition) is 1. The Morgan fingerprint density at radius 1 is 1.47 bits per heavy atom. The van der Waals surface area contributed by atoms with Crippen LogP contribution in [0.15, 0.2) is 35.3 Å². The second-order valence-corrected chi connectivity index (χ2v) is 5.33. The van der Waals surface area contributed by atoms with Crippen LogP contribution in [0.1, 0.15) is 6.92 Å². The van der Waals surface area contributed by atoms with Gasteiger partial charge in [0.05, 0.1) is 17.6 Å². The van der Waals surface area contributed by atoms with Crippen molar-refractivity contribution in [3.8, 4) is 0 Å². The van der Waals surface area contributed by atoms with Crippen molar-refractivity contribution in [2.24, 2.45) is 10.9 Å². The summed E-state index contributed by atoms with van der Waals surface area (Å²) in [4.78, 5) is 17.5. The van der Waals surface area contributed by atoms with Gasteiger partial charge in [0.25, 0.3) is 0 Å². The van der Waals surface area contributed by atoms with E-state index in [0.29, 0.717) is 0 Å². The van der Waals surface area contributed by atoms with Crippen molar-refractivity contribution < 1.29 is 9.90 Å². The summed E-state index contributed by atoms with van der Waals surface area (Å²) >= 11 is 1.61. The van der Waals surface area contributed by atoms with Gasteiger partial charge in [0.15, 0.2) is 5.17 Å². The third kappa shape index (κ3) is 4.12. The molecule has 0 aliphatic carbocycles. The summed E-state index contributed by atoms with van der Waals surface area (Å²) in [6, 6.07) is 9.72. The number of aliphatic carboxylic acids is 1. The minimum atomic E-state index is -0.756. The zero-order valence-electron chi connectivity index (χ0n) is 10.4. The molecule has 1 aromatic carbocycles. The van der Waals surface area contributed by atoms with Gasteiger partial charge in [-0.15, -0.1) is 0 Å². The van der Waals surface area contributed by atoms with Crippen LogP contribution in [-0.4, -0.2) is 77.7 Å². The minimum absolute atomic E-state index is 0. The van der Waals surface area contributed by atoms with Gasteiger partial charge in [-0.2, -0.15) is 0 Å². The van der Waals surface area contributed by atoms with Crippen molar-refractivity contribution in [2.45, 2.75) is 13.0 Å². The van der Waals surface area contributed by atoms with E-state index in [1.54, 1.807) is 18.7 Å². The van der Waals surface area contributed by atoms with Gasteiger partial charge in [-0.05, 0) is 19.1 Å². The molecule has 1 aliphatic heterocycles. The second kappa shape index (κ2) is 7.53. The molecule has 100 valence electrons. The van der Waals surface area contributed by atoms with Crippen LogP contribution >= 0.6 is 11.8 Å². The van der Waals surface area contributed by atoms with Crippen LogP contribution in [0.5, 0.6) is 0 Å².